The second-order valence-electron chi connectivity index (χ2n) is 4.69. The monoisotopic (exact) mass is 305 g/mol. The van der Waals surface area contributed by atoms with Crippen LogP contribution in [-0.2, 0) is 4.79 Å². The van der Waals surface area contributed by atoms with Gasteiger partial charge >= 0.3 is 0 Å². The SMILES string of the molecule is Cc1cc(C)nc(SCC(=O)Nc2cc(F)ccc2N)c1. The van der Waals surface area contributed by atoms with Crippen LogP contribution in [0.3, 0.4) is 0 Å². The summed E-state index contributed by atoms with van der Waals surface area (Å²) < 4.78 is 13.1. The summed E-state index contributed by atoms with van der Waals surface area (Å²) in [5.41, 5.74) is 8.31. The van der Waals surface area contributed by atoms with Crippen LogP contribution in [0.1, 0.15) is 11.3 Å². The molecule has 0 fully saturated rings. The van der Waals surface area contributed by atoms with E-state index >= 15 is 0 Å². The van der Waals surface area contributed by atoms with Crippen molar-refractivity contribution >= 4 is 29.0 Å². The van der Waals surface area contributed by atoms with Crippen LogP contribution in [0.5, 0.6) is 0 Å². The van der Waals surface area contributed by atoms with Gasteiger partial charge in [-0.05, 0) is 49.7 Å². The number of nitrogens with one attached hydrogen (secondary N) is 1. The fraction of sp³-hybridized carbons (Fsp3) is 0.200. The number of benzene rings is 1. The first-order valence-electron chi connectivity index (χ1n) is 6.37. The first-order valence-corrected chi connectivity index (χ1v) is 7.35. The summed E-state index contributed by atoms with van der Waals surface area (Å²) >= 11 is 1.33. The molecular formula is C15H16FN3OS. The molecule has 1 aromatic carbocycles. The number of anilines is 2. The predicted molar refractivity (Wildman–Crippen MR) is 83.9 cm³/mol. The van der Waals surface area contributed by atoms with Crippen LogP contribution in [0.25, 0.3) is 0 Å². The Hall–Kier alpha value is -2.08. The number of nitrogens with two attached hydrogens (primary N) is 1. The maximum absolute atomic E-state index is 13.1. The third kappa shape index (κ3) is 4.46. The third-order valence-electron chi connectivity index (χ3n) is 2.71. The van der Waals surface area contributed by atoms with Crippen LogP contribution in [0.2, 0.25) is 0 Å². The van der Waals surface area contributed by atoms with Gasteiger partial charge in [-0.25, -0.2) is 9.37 Å². The molecule has 2 aromatic rings. The Kier molecular flexibility index (Phi) is 4.80. The second kappa shape index (κ2) is 6.58. The average Bonchev–Trinajstić information content (AvgIpc) is 2.40. The zero-order valence-electron chi connectivity index (χ0n) is 11.8. The Labute approximate surface area is 127 Å². The standard InChI is InChI=1S/C15H16FN3OS/c1-9-5-10(2)18-15(6-9)21-8-14(20)19-13-7-11(16)3-4-12(13)17/h3-7H,8,17H2,1-2H3,(H,19,20). The van der Waals surface area contributed by atoms with E-state index in [4.69, 9.17) is 5.73 Å². The van der Waals surface area contributed by atoms with E-state index in [0.29, 0.717) is 5.69 Å². The van der Waals surface area contributed by atoms with Gasteiger partial charge in [0.25, 0.3) is 0 Å². The van der Waals surface area contributed by atoms with Crippen LogP contribution in [0, 0.1) is 19.7 Å². The predicted octanol–water partition coefficient (Wildman–Crippen LogP) is 3.15. The third-order valence-corrected chi connectivity index (χ3v) is 3.63. The number of aromatic nitrogens is 1. The van der Waals surface area contributed by atoms with Crippen molar-refractivity contribution in [3.8, 4) is 0 Å². The molecule has 0 aliphatic rings. The zero-order valence-corrected chi connectivity index (χ0v) is 12.6. The summed E-state index contributed by atoms with van der Waals surface area (Å²) in [5.74, 6) is -0.507. The Morgan fingerprint density at radius 1 is 1.33 bits per heavy atom. The fourth-order valence-corrected chi connectivity index (χ4v) is 2.67. The molecule has 1 aromatic heterocycles. The van der Waals surface area contributed by atoms with E-state index in [1.807, 2.05) is 26.0 Å². The van der Waals surface area contributed by atoms with Crippen molar-refractivity contribution in [1.82, 2.24) is 4.98 Å². The average molecular weight is 305 g/mol. The van der Waals surface area contributed by atoms with Crippen LogP contribution in [0.15, 0.2) is 35.4 Å². The number of halogens is 1. The molecule has 0 saturated heterocycles. The Morgan fingerprint density at radius 2 is 2.10 bits per heavy atom. The largest absolute Gasteiger partial charge is 0.397 e. The highest BCUT2D eigenvalue weighted by Gasteiger charge is 2.08. The molecule has 2 rings (SSSR count). The number of thioether (sulfide) groups is 1. The molecule has 1 heterocycles. The van der Waals surface area contributed by atoms with Gasteiger partial charge in [0, 0.05) is 5.69 Å². The molecule has 0 bridgehead atoms. The quantitative estimate of drug-likeness (QED) is 0.672. The molecule has 1 amide bonds. The second-order valence-corrected chi connectivity index (χ2v) is 5.69. The van der Waals surface area contributed by atoms with Gasteiger partial charge < -0.3 is 11.1 Å². The van der Waals surface area contributed by atoms with Crippen LogP contribution in [0.4, 0.5) is 15.8 Å². The smallest absolute Gasteiger partial charge is 0.234 e. The van der Waals surface area contributed by atoms with Gasteiger partial charge in [-0.1, -0.05) is 11.8 Å². The van der Waals surface area contributed by atoms with Crippen molar-refractivity contribution in [1.29, 1.82) is 0 Å². The Bertz CT molecular complexity index is 656. The molecule has 0 radical (unpaired) electrons. The number of hydrogen-bond acceptors (Lipinski definition) is 4. The van der Waals surface area contributed by atoms with Crippen molar-refractivity contribution in [2.24, 2.45) is 0 Å². The van der Waals surface area contributed by atoms with Gasteiger partial charge in [-0.3, -0.25) is 4.79 Å². The van der Waals surface area contributed by atoms with Crippen molar-refractivity contribution in [3.63, 3.8) is 0 Å². The highest BCUT2D eigenvalue weighted by atomic mass is 32.2. The summed E-state index contributed by atoms with van der Waals surface area (Å²) in [6.45, 7) is 3.89. The zero-order chi connectivity index (χ0) is 15.4. The summed E-state index contributed by atoms with van der Waals surface area (Å²) in [6.07, 6.45) is 0. The lowest BCUT2D eigenvalue weighted by molar-refractivity contribution is -0.113. The fourth-order valence-electron chi connectivity index (χ4n) is 1.84. The molecular weight excluding hydrogens is 289 g/mol. The van der Waals surface area contributed by atoms with Gasteiger partial charge in [-0.2, -0.15) is 0 Å². The molecule has 0 spiro atoms. The van der Waals surface area contributed by atoms with Gasteiger partial charge in [0.1, 0.15) is 5.82 Å². The molecule has 0 unspecified atom stereocenters. The number of carbonyl (C=O) groups excluding carboxylic acids is 1. The van der Waals surface area contributed by atoms with E-state index in [1.165, 1.54) is 30.0 Å². The molecule has 0 atom stereocenters. The number of aryl methyl sites for hydroxylation is 2. The van der Waals surface area contributed by atoms with Crippen LogP contribution in [-0.4, -0.2) is 16.6 Å². The Morgan fingerprint density at radius 3 is 2.81 bits per heavy atom. The van der Waals surface area contributed by atoms with Gasteiger partial charge in [0.05, 0.1) is 22.2 Å². The number of pyridine rings is 1. The highest BCUT2D eigenvalue weighted by molar-refractivity contribution is 7.99. The van der Waals surface area contributed by atoms with Gasteiger partial charge in [-0.15, -0.1) is 0 Å². The van der Waals surface area contributed by atoms with Gasteiger partial charge in [0.15, 0.2) is 0 Å². The summed E-state index contributed by atoms with van der Waals surface area (Å²) in [6, 6.07) is 7.76. The number of amides is 1. The lowest BCUT2D eigenvalue weighted by atomic mass is 10.2. The Balaban J connectivity index is 1.97. The van der Waals surface area contributed by atoms with E-state index in [2.05, 4.69) is 10.3 Å². The lowest BCUT2D eigenvalue weighted by Crippen LogP contribution is -2.15. The minimum absolute atomic E-state index is 0.186. The first kappa shape index (κ1) is 15.3. The van der Waals surface area contributed by atoms with E-state index in [-0.39, 0.29) is 17.3 Å². The molecule has 4 nitrogen and oxygen atoms in total. The molecule has 6 heteroatoms. The van der Waals surface area contributed by atoms with E-state index in [9.17, 15) is 9.18 Å². The number of nitrogens with zero attached hydrogens (tertiary/aromatic N) is 1. The lowest BCUT2D eigenvalue weighted by Gasteiger charge is -2.08. The van der Waals surface area contributed by atoms with E-state index in [0.717, 1.165) is 16.3 Å². The minimum Gasteiger partial charge on any atom is -0.397 e. The van der Waals surface area contributed by atoms with Crippen molar-refractivity contribution in [2.45, 2.75) is 18.9 Å². The van der Waals surface area contributed by atoms with Crippen LogP contribution < -0.4 is 11.1 Å². The first-order chi connectivity index (χ1) is 9.94. The number of rotatable bonds is 4. The molecule has 3 N–H and O–H groups in total. The van der Waals surface area contributed by atoms with E-state index < -0.39 is 5.82 Å². The van der Waals surface area contributed by atoms with Crippen LogP contribution >= 0.6 is 11.8 Å². The molecule has 0 aliphatic heterocycles. The number of carbonyl (C=O) groups is 1. The minimum atomic E-state index is -0.442. The maximum Gasteiger partial charge on any atom is 0.234 e. The summed E-state index contributed by atoms with van der Waals surface area (Å²) in [5, 5.41) is 3.38. The van der Waals surface area contributed by atoms with Gasteiger partial charge in [0.2, 0.25) is 5.91 Å². The van der Waals surface area contributed by atoms with Crippen molar-refractivity contribution in [3.05, 3.63) is 47.4 Å². The number of hydrogen-bond donors (Lipinski definition) is 2. The van der Waals surface area contributed by atoms with Crippen molar-refractivity contribution in [2.75, 3.05) is 16.8 Å². The topological polar surface area (TPSA) is 68.0 Å². The molecule has 110 valence electrons. The molecule has 0 aliphatic carbocycles. The normalized spacial score (nSPS) is 10.4. The maximum atomic E-state index is 13.1. The van der Waals surface area contributed by atoms with Crippen molar-refractivity contribution < 1.29 is 9.18 Å². The molecule has 0 saturated carbocycles. The molecule has 21 heavy (non-hydrogen) atoms. The number of nitrogen functional groups attached to an aromatic ring is 1. The summed E-state index contributed by atoms with van der Waals surface area (Å²) in [7, 11) is 0. The van der Waals surface area contributed by atoms with E-state index in [1.54, 1.807) is 0 Å². The summed E-state index contributed by atoms with van der Waals surface area (Å²) in [4.78, 5) is 16.2. The highest BCUT2D eigenvalue weighted by Crippen LogP contribution is 2.21.